The Morgan fingerprint density at radius 1 is 1.52 bits per heavy atom. The van der Waals surface area contributed by atoms with Gasteiger partial charge in [-0.05, 0) is 37.6 Å². The van der Waals surface area contributed by atoms with Gasteiger partial charge in [0.25, 0.3) is 0 Å². The maximum atomic E-state index is 12.0. The van der Waals surface area contributed by atoms with Gasteiger partial charge in [0.15, 0.2) is 0 Å². The fraction of sp³-hybridized carbons (Fsp3) is 0.562. The van der Waals surface area contributed by atoms with Crippen molar-refractivity contribution in [3.05, 3.63) is 29.8 Å². The predicted molar refractivity (Wildman–Crippen MR) is 81.4 cm³/mol. The standard InChI is InChI=1S/C16H24N2O3/c1-13-4-3-5-14(10-13)21-9-6-15(19)18(2)12-16(20)7-8-17-11-16/h3-5,10,17,20H,6-9,11-12H2,1-2H3. The molecule has 0 saturated carbocycles. The molecule has 1 aliphatic heterocycles. The largest absolute Gasteiger partial charge is 0.493 e. The van der Waals surface area contributed by atoms with Crippen LogP contribution in [-0.2, 0) is 4.79 Å². The molecular formula is C16H24N2O3. The van der Waals surface area contributed by atoms with Crippen molar-refractivity contribution in [2.45, 2.75) is 25.4 Å². The second kappa shape index (κ2) is 6.91. The predicted octanol–water partition coefficient (Wildman–Crippen LogP) is 0.947. The van der Waals surface area contributed by atoms with Crippen LogP contribution < -0.4 is 10.1 Å². The molecule has 1 heterocycles. The molecule has 1 saturated heterocycles. The molecule has 0 aliphatic carbocycles. The van der Waals surface area contributed by atoms with Gasteiger partial charge in [0.05, 0.1) is 25.2 Å². The van der Waals surface area contributed by atoms with Crippen LogP contribution in [0.25, 0.3) is 0 Å². The lowest BCUT2D eigenvalue weighted by Gasteiger charge is -2.28. The molecule has 1 unspecified atom stereocenters. The highest BCUT2D eigenvalue weighted by Gasteiger charge is 2.33. The first-order chi connectivity index (χ1) is 9.98. The minimum Gasteiger partial charge on any atom is -0.493 e. The first kappa shape index (κ1) is 15.8. The molecule has 5 heteroatoms. The van der Waals surface area contributed by atoms with Crippen molar-refractivity contribution in [1.29, 1.82) is 0 Å². The van der Waals surface area contributed by atoms with Crippen LogP contribution in [0.4, 0.5) is 0 Å². The zero-order chi connectivity index (χ0) is 15.3. The molecule has 2 rings (SSSR count). The molecule has 21 heavy (non-hydrogen) atoms. The number of carbonyl (C=O) groups is 1. The number of rotatable bonds is 6. The molecule has 1 fully saturated rings. The molecule has 1 amide bonds. The number of hydrogen-bond donors (Lipinski definition) is 2. The summed E-state index contributed by atoms with van der Waals surface area (Å²) in [6, 6.07) is 7.76. The molecule has 1 atom stereocenters. The first-order valence-corrected chi connectivity index (χ1v) is 7.35. The van der Waals surface area contributed by atoms with E-state index in [1.54, 1.807) is 11.9 Å². The number of aryl methyl sites for hydroxylation is 1. The molecule has 1 aromatic rings. The number of benzene rings is 1. The average molecular weight is 292 g/mol. The van der Waals surface area contributed by atoms with Gasteiger partial charge < -0.3 is 20.1 Å². The molecule has 116 valence electrons. The van der Waals surface area contributed by atoms with E-state index in [2.05, 4.69) is 5.32 Å². The van der Waals surface area contributed by atoms with Crippen LogP contribution in [0.2, 0.25) is 0 Å². The van der Waals surface area contributed by atoms with E-state index in [0.29, 0.717) is 32.5 Å². The number of β-amino-alcohol motifs (C(OH)–C–C–N with tert-alkyl or cyclic N) is 1. The molecular weight excluding hydrogens is 268 g/mol. The van der Waals surface area contributed by atoms with E-state index in [4.69, 9.17) is 4.74 Å². The van der Waals surface area contributed by atoms with Gasteiger partial charge in [0.2, 0.25) is 5.91 Å². The molecule has 0 radical (unpaired) electrons. The van der Waals surface area contributed by atoms with Crippen LogP contribution in [-0.4, -0.2) is 54.8 Å². The Morgan fingerprint density at radius 3 is 3.00 bits per heavy atom. The monoisotopic (exact) mass is 292 g/mol. The van der Waals surface area contributed by atoms with Crippen molar-refractivity contribution < 1.29 is 14.6 Å². The fourth-order valence-electron chi connectivity index (χ4n) is 2.55. The highest BCUT2D eigenvalue weighted by Crippen LogP contribution is 2.16. The summed E-state index contributed by atoms with van der Waals surface area (Å²) in [4.78, 5) is 13.6. The van der Waals surface area contributed by atoms with Crippen LogP contribution in [0.15, 0.2) is 24.3 Å². The quantitative estimate of drug-likeness (QED) is 0.819. The maximum Gasteiger partial charge on any atom is 0.225 e. The fourth-order valence-corrected chi connectivity index (χ4v) is 2.55. The third kappa shape index (κ3) is 4.72. The molecule has 0 spiro atoms. The van der Waals surface area contributed by atoms with Gasteiger partial charge in [0, 0.05) is 13.6 Å². The topological polar surface area (TPSA) is 61.8 Å². The zero-order valence-electron chi connectivity index (χ0n) is 12.8. The third-order valence-electron chi connectivity index (χ3n) is 3.75. The average Bonchev–Trinajstić information content (AvgIpc) is 2.85. The molecule has 2 N–H and O–H groups in total. The third-order valence-corrected chi connectivity index (χ3v) is 3.75. The summed E-state index contributed by atoms with van der Waals surface area (Å²) in [7, 11) is 1.73. The van der Waals surface area contributed by atoms with Crippen molar-refractivity contribution >= 4 is 5.91 Å². The Bertz CT molecular complexity index is 484. The number of hydrogen-bond acceptors (Lipinski definition) is 4. The minimum absolute atomic E-state index is 0.0111. The van der Waals surface area contributed by atoms with Crippen LogP contribution in [0, 0.1) is 6.92 Å². The van der Waals surface area contributed by atoms with E-state index in [9.17, 15) is 9.90 Å². The summed E-state index contributed by atoms with van der Waals surface area (Å²) in [5.41, 5.74) is 0.342. The number of likely N-dealkylation sites (N-methyl/N-ethyl adjacent to an activating group) is 1. The molecule has 5 nitrogen and oxygen atoms in total. The van der Waals surface area contributed by atoms with E-state index < -0.39 is 5.60 Å². The van der Waals surface area contributed by atoms with E-state index >= 15 is 0 Å². The molecule has 0 bridgehead atoms. The maximum absolute atomic E-state index is 12.0. The molecule has 0 aromatic heterocycles. The van der Waals surface area contributed by atoms with E-state index in [1.807, 2.05) is 31.2 Å². The van der Waals surface area contributed by atoms with Gasteiger partial charge in [0.1, 0.15) is 5.75 Å². The van der Waals surface area contributed by atoms with Gasteiger partial charge >= 0.3 is 0 Å². The second-order valence-corrected chi connectivity index (χ2v) is 5.82. The van der Waals surface area contributed by atoms with Gasteiger partial charge in [-0.25, -0.2) is 0 Å². The summed E-state index contributed by atoms with van der Waals surface area (Å²) in [6.07, 6.45) is 0.998. The van der Waals surface area contributed by atoms with Crippen molar-refractivity contribution in [1.82, 2.24) is 10.2 Å². The number of aliphatic hydroxyl groups is 1. The normalized spacial score (nSPS) is 21.3. The summed E-state index contributed by atoms with van der Waals surface area (Å²) in [5, 5.41) is 13.4. The van der Waals surface area contributed by atoms with Crippen LogP contribution in [0.3, 0.4) is 0 Å². The Balaban J connectivity index is 1.73. The van der Waals surface area contributed by atoms with Gasteiger partial charge in [-0.3, -0.25) is 4.79 Å². The number of nitrogens with one attached hydrogen (secondary N) is 1. The number of nitrogens with zero attached hydrogens (tertiary/aromatic N) is 1. The number of carbonyl (C=O) groups excluding carboxylic acids is 1. The minimum atomic E-state index is -0.790. The summed E-state index contributed by atoms with van der Waals surface area (Å²) >= 11 is 0. The van der Waals surface area contributed by atoms with Crippen molar-refractivity contribution in [3.8, 4) is 5.75 Å². The Morgan fingerprint density at radius 2 is 2.33 bits per heavy atom. The number of ether oxygens (including phenoxy) is 1. The lowest BCUT2D eigenvalue weighted by Crippen LogP contribution is -2.45. The summed E-state index contributed by atoms with van der Waals surface area (Å²) in [6.45, 7) is 4.06. The summed E-state index contributed by atoms with van der Waals surface area (Å²) < 4.78 is 5.58. The van der Waals surface area contributed by atoms with Crippen molar-refractivity contribution in [2.75, 3.05) is 33.3 Å². The van der Waals surface area contributed by atoms with Gasteiger partial charge in [-0.15, -0.1) is 0 Å². The van der Waals surface area contributed by atoms with Crippen LogP contribution >= 0.6 is 0 Å². The Kier molecular flexibility index (Phi) is 5.20. The zero-order valence-corrected chi connectivity index (χ0v) is 12.8. The highest BCUT2D eigenvalue weighted by molar-refractivity contribution is 5.76. The van der Waals surface area contributed by atoms with Gasteiger partial charge in [-0.2, -0.15) is 0 Å². The van der Waals surface area contributed by atoms with Crippen LogP contribution in [0.5, 0.6) is 5.75 Å². The van der Waals surface area contributed by atoms with E-state index in [0.717, 1.165) is 17.9 Å². The first-order valence-electron chi connectivity index (χ1n) is 7.35. The highest BCUT2D eigenvalue weighted by atomic mass is 16.5. The molecule has 1 aliphatic rings. The lowest BCUT2D eigenvalue weighted by molar-refractivity contribution is -0.133. The van der Waals surface area contributed by atoms with Crippen molar-refractivity contribution in [2.24, 2.45) is 0 Å². The number of amides is 1. The lowest BCUT2D eigenvalue weighted by atomic mass is 10.0. The Labute approximate surface area is 125 Å². The van der Waals surface area contributed by atoms with E-state index in [1.165, 1.54) is 0 Å². The van der Waals surface area contributed by atoms with Gasteiger partial charge in [-0.1, -0.05) is 12.1 Å². The smallest absolute Gasteiger partial charge is 0.225 e. The Hall–Kier alpha value is -1.59. The molecule has 1 aromatic carbocycles. The van der Waals surface area contributed by atoms with Crippen molar-refractivity contribution in [3.63, 3.8) is 0 Å². The second-order valence-electron chi connectivity index (χ2n) is 5.82. The SMILES string of the molecule is Cc1cccc(OCCC(=O)N(C)CC2(O)CCNC2)c1. The van der Waals surface area contributed by atoms with Crippen LogP contribution in [0.1, 0.15) is 18.4 Å². The summed E-state index contributed by atoms with van der Waals surface area (Å²) in [5.74, 6) is 0.770. The van der Waals surface area contributed by atoms with E-state index in [-0.39, 0.29) is 5.91 Å².